The Morgan fingerprint density at radius 2 is 1.83 bits per heavy atom. The first-order chi connectivity index (χ1) is 10.8. The maximum Gasteiger partial charge on any atom is 0.279 e. The van der Waals surface area contributed by atoms with E-state index in [4.69, 9.17) is 27.9 Å². The fourth-order valence-corrected chi connectivity index (χ4v) is 2.27. The summed E-state index contributed by atoms with van der Waals surface area (Å²) in [6, 6.07) is 6.62. The summed E-state index contributed by atoms with van der Waals surface area (Å²) < 4.78 is 5.51. The number of carbonyl (C=O) groups is 1. The number of nitrogens with zero attached hydrogens (tertiary/aromatic N) is 2. The molecule has 1 heterocycles. The average molecular weight is 355 g/mol. The van der Waals surface area contributed by atoms with Gasteiger partial charge < -0.3 is 4.74 Å². The molecule has 122 valence electrons. The fourth-order valence-electron chi connectivity index (χ4n) is 1.82. The molecule has 0 radical (unpaired) electrons. The van der Waals surface area contributed by atoms with E-state index >= 15 is 0 Å². The first-order valence-electron chi connectivity index (χ1n) is 6.85. The van der Waals surface area contributed by atoms with Crippen molar-refractivity contribution in [2.24, 2.45) is 0 Å². The number of halogens is 2. The molecule has 8 heteroatoms. The molecular formula is C15H16Cl2N4O2. The zero-order valence-electron chi connectivity index (χ0n) is 12.9. The van der Waals surface area contributed by atoms with Crippen molar-refractivity contribution in [1.29, 1.82) is 0 Å². The number of hydrogen-bond acceptors (Lipinski definition) is 5. The molecule has 1 aromatic heterocycles. The lowest BCUT2D eigenvalue weighted by molar-refractivity contribution is -0.126. The van der Waals surface area contributed by atoms with Crippen LogP contribution in [0.4, 0.5) is 5.95 Å². The van der Waals surface area contributed by atoms with E-state index in [0.29, 0.717) is 21.7 Å². The molecule has 1 amide bonds. The average Bonchev–Trinajstić information content (AvgIpc) is 2.46. The van der Waals surface area contributed by atoms with Crippen molar-refractivity contribution in [2.45, 2.75) is 26.9 Å². The van der Waals surface area contributed by atoms with Gasteiger partial charge in [0.05, 0.1) is 5.02 Å². The van der Waals surface area contributed by atoms with E-state index in [1.54, 1.807) is 25.1 Å². The van der Waals surface area contributed by atoms with E-state index < -0.39 is 12.0 Å². The highest BCUT2D eigenvalue weighted by Crippen LogP contribution is 2.28. The van der Waals surface area contributed by atoms with Crippen molar-refractivity contribution in [3.63, 3.8) is 0 Å². The Bertz CT molecular complexity index is 704. The molecule has 2 rings (SSSR count). The second-order valence-electron chi connectivity index (χ2n) is 4.92. The number of carbonyl (C=O) groups excluding carboxylic acids is 1. The Morgan fingerprint density at radius 1 is 1.17 bits per heavy atom. The van der Waals surface area contributed by atoms with E-state index in [1.807, 2.05) is 19.9 Å². The van der Waals surface area contributed by atoms with Gasteiger partial charge in [-0.05, 0) is 45.0 Å². The molecule has 0 bridgehead atoms. The molecule has 6 nitrogen and oxygen atoms in total. The van der Waals surface area contributed by atoms with Crippen LogP contribution in [0.2, 0.25) is 10.0 Å². The molecule has 0 aliphatic rings. The molecule has 0 aliphatic heterocycles. The molecule has 1 atom stereocenters. The number of anilines is 1. The lowest BCUT2D eigenvalue weighted by atomic mass is 10.3. The molecule has 0 fully saturated rings. The predicted octanol–water partition coefficient (Wildman–Crippen LogP) is 3.31. The van der Waals surface area contributed by atoms with Gasteiger partial charge in [-0.1, -0.05) is 23.2 Å². The molecule has 1 aromatic carbocycles. The van der Waals surface area contributed by atoms with E-state index in [9.17, 15) is 4.79 Å². The number of amides is 1. The summed E-state index contributed by atoms with van der Waals surface area (Å²) in [5.41, 5.74) is 6.75. The van der Waals surface area contributed by atoms with Gasteiger partial charge >= 0.3 is 0 Å². The van der Waals surface area contributed by atoms with Crippen molar-refractivity contribution in [3.8, 4) is 5.75 Å². The molecule has 2 aromatic rings. The van der Waals surface area contributed by atoms with Gasteiger partial charge in [-0.25, -0.2) is 9.97 Å². The van der Waals surface area contributed by atoms with Crippen LogP contribution in [-0.4, -0.2) is 22.0 Å². The van der Waals surface area contributed by atoms with Gasteiger partial charge in [0.25, 0.3) is 5.91 Å². The van der Waals surface area contributed by atoms with Crippen LogP contribution in [0, 0.1) is 13.8 Å². The van der Waals surface area contributed by atoms with E-state index in [-0.39, 0.29) is 0 Å². The largest absolute Gasteiger partial charge is 0.479 e. The number of aromatic nitrogens is 2. The van der Waals surface area contributed by atoms with Crippen LogP contribution >= 0.6 is 23.2 Å². The molecule has 23 heavy (non-hydrogen) atoms. The Labute approximate surface area is 144 Å². The predicted molar refractivity (Wildman–Crippen MR) is 89.8 cm³/mol. The molecule has 0 spiro atoms. The number of aryl methyl sites for hydroxylation is 2. The molecule has 0 saturated carbocycles. The first-order valence-corrected chi connectivity index (χ1v) is 7.60. The van der Waals surface area contributed by atoms with Crippen LogP contribution in [0.25, 0.3) is 0 Å². The Morgan fingerprint density at radius 3 is 2.43 bits per heavy atom. The van der Waals surface area contributed by atoms with Crippen molar-refractivity contribution < 1.29 is 9.53 Å². The van der Waals surface area contributed by atoms with E-state index in [2.05, 4.69) is 20.8 Å². The summed E-state index contributed by atoms with van der Waals surface area (Å²) in [6.45, 7) is 5.29. The Balaban J connectivity index is 1.94. The zero-order valence-corrected chi connectivity index (χ0v) is 14.4. The quantitative estimate of drug-likeness (QED) is 0.805. The highest BCUT2D eigenvalue weighted by atomic mass is 35.5. The van der Waals surface area contributed by atoms with Crippen LogP contribution in [0.15, 0.2) is 24.3 Å². The molecule has 0 saturated heterocycles. The van der Waals surface area contributed by atoms with Gasteiger partial charge in [0.2, 0.25) is 5.95 Å². The third-order valence-electron chi connectivity index (χ3n) is 2.85. The van der Waals surface area contributed by atoms with Gasteiger partial charge in [-0.2, -0.15) is 0 Å². The van der Waals surface area contributed by atoms with Crippen LogP contribution in [-0.2, 0) is 4.79 Å². The number of benzene rings is 1. The van der Waals surface area contributed by atoms with Crippen molar-refractivity contribution in [3.05, 3.63) is 45.7 Å². The summed E-state index contributed by atoms with van der Waals surface area (Å²) in [5, 5.41) is 0.829. The first kappa shape index (κ1) is 17.3. The molecule has 2 N–H and O–H groups in total. The lowest BCUT2D eigenvalue weighted by Gasteiger charge is -2.16. The van der Waals surface area contributed by atoms with Crippen LogP contribution in [0.1, 0.15) is 18.3 Å². The minimum absolute atomic E-state index is 0.313. The number of ether oxygens (including phenoxy) is 1. The maximum absolute atomic E-state index is 12.0. The molecule has 1 unspecified atom stereocenters. The Kier molecular flexibility index (Phi) is 5.63. The standard InChI is InChI=1S/C15H16Cl2N4O2/c1-8-6-9(2)19-15(18-8)21-20-14(22)10(3)23-13-5-4-11(16)7-12(13)17/h4-7,10H,1-3H3,(H,20,22)(H,18,19,21). The third-order valence-corrected chi connectivity index (χ3v) is 3.38. The summed E-state index contributed by atoms with van der Waals surface area (Å²) >= 11 is 11.8. The van der Waals surface area contributed by atoms with Crippen LogP contribution in [0.5, 0.6) is 5.75 Å². The summed E-state index contributed by atoms with van der Waals surface area (Å²) in [7, 11) is 0. The third kappa shape index (κ3) is 4.97. The van der Waals surface area contributed by atoms with E-state index in [1.165, 1.54) is 0 Å². The molecular weight excluding hydrogens is 339 g/mol. The van der Waals surface area contributed by atoms with Crippen molar-refractivity contribution in [1.82, 2.24) is 15.4 Å². The van der Waals surface area contributed by atoms with Gasteiger partial charge in [0, 0.05) is 16.4 Å². The zero-order chi connectivity index (χ0) is 17.0. The minimum atomic E-state index is -0.771. The summed E-state index contributed by atoms with van der Waals surface area (Å²) in [4.78, 5) is 20.4. The monoisotopic (exact) mass is 354 g/mol. The number of hydrazine groups is 1. The number of nitrogens with one attached hydrogen (secondary N) is 2. The Hall–Kier alpha value is -2.05. The fraction of sp³-hybridized carbons (Fsp3) is 0.267. The maximum atomic E-state index is 12.0. The minimum Gasteiger partial charge on any atom is -0.479 e. The van der Waals surface area contributed by atoms with E-state index in [0.717, 1.165) is 11.4 Å². The van der Waals surface area contributed by atoms with Gasteiger partial charge in [-0.15, -0.1) is 0 Å². The van der Waals surface area contributed by atoms with Crippen molar-refractivity contribution >= 4 is 35.1 Å². The normalized spacial score (nSPS) is 11.7. The van der Waals surface area contributed by atoms with Crippen LogP contribution in [0.3, 0.4) is 0 Å². The summed E-state index contributed by atoms with van der Waals surface area (Å²) in [5.74, 6) is 0.299. The van der Waals surface area contributed by atoms with Crippen LogP contribution < -0.4 is 15.6 Å². The van der Waals surface area contributed by atoms with Gasteiger partial charge in [0.15, 0.2) is 6.10 Å². The number of hydrogen-bond donors (Lipinski definition) is 2. The smallest absolute Gasteiger partial charge is 0.279 e. The van der Waals surface area contributed by atoms with Gasteiger partial charge in [-0.3, -0.25) is 15.6 Å². The van der Waals surface area contributed by atoms with Crippen molar-refractivity contribution in [2.75, 3.05) is 5.43 Å². The highest BCUT2D eigenvalue weighted by Gasteiger charge is 2.16. The SMILES string of the molecule is Cc1cc(C)nc(NNC(=O)C(C)Oc2ccc(Cl)cc2Cl)n1. The second kappa shape index (κ2) is 7.48. The topological polar surface area (TPSA) is 76.1 Å². The number of rotatable bonds is 5. The summed E-state index contributed by atoms with van der Waals surface area (Å²) in [6.07, 6.45) is -0.771. The highest BCUT2D eigenvalue weighted by molar-refractivity contribution is 6.35. The second-order valence-corrected chi connectivity index (χ2v) is 5.77. The lowest BCUT2D eigenvalue weighted by Crippen LogP contribution is -2.40. The molecule has 0 aliphatic carbocycles. The van der Waals surface area contributed by atoms with Gasteiger partial charge in [0.1, 0.15) is 5.75 Å².